The molecule has 9 heteroatoms. The molecule has 0 N–H and O–H groups in total. The first-order valence-electron chi connectivity index (χ1n) is 14.6. The minimum absolute atomic E-state index is 0.288. The van der Waals surface area contributed by atoms with E-state index in [0.29, 0.717) is 30.0 Å². The first-order valence-corrected chi connectivity index (χ1v) is 14.6. The first kappa shape index (κ1) is 29.4. The average molecular weight is 574 g/mol. The lowest BCUT2D eigenvalue weighted by atomic mass is 9.96. The van der Waals surface area contributed by atoms with Crippen molar-refractivity contribution in [2.75, 3.05) is 33.9 Å². The molecule has 1 aromatic heterocycles. The molecule has 1 amide bonds. The number of amides is 1. The second-order valence-corrected chi connectivity index (χ2v) is 10.9. The van der Waals surface area contributed by atoms with E-state index in [2.05, 4.69) is 21.6 Å². The molecule has 5 rings (SSSR count). The number of nitrogens with zero attached hydrogens (tertiary/aromatic N) is 3. The van der Waals surface area contributed by atoms with Gasteiger partial charge in [-0.3, -0.25) is 9.59 Å². The number of methoxy groups -OCH3 is 2. The van der Waals surface area contributed by atoms with Crippen LogP contribution < -0.4 is 9.47 Å². The predicted octanol–water partition coefficient (Wildman–Crippen LogP) is 4.59. The number of rotatable bonds is 9. The lowest BCUT2D eigenvalue weighted by molar-refractivity contribution is -0.152. The van der Waals surface area contributed by atoms with Crippen molar-refractivity contribution < 1.29 is 28.6 Å². The van der Waals surface area contributed by atoms with Crippen LogP contribution in [0.1, 0.15) is 49.4 Å². The number of likely N-dealkylation sites (tertiary alicyclic amines) is 1. The highest BCUT2D eigenvalue weighted by atomic mass is 16.6. The Labute approximate surface area is 246 Å². The minimum atomic E-state index is -0.729. The van der Waals surface area contributed by atoms with Crippen molar-refractivity contribution in [1.29, 1.82) is 0 Å². The molecule has 0 radical (unpaired) electrons. The van der Waals surface area contributed by atoms with Crippen LogP contribution in [0.2, 0.25) is 0 Å². The van der Waals surface area contributed by atoms with Crippen LogP contribution in [0.3, 0.4) is 0 Å². The fraction of sp³-hybridized carbons (Fsp3) is 0.424. The second kappa shape index (κ2) is 13.2. The van der Waals surface area contributed by atoms with Crippen LogP contribution in [0.15, 0.2) is 48.5 Å². The summed E-state index contributed by atoms with van der Waals surface area (Å²) in [5.41, 5.74) is 4.01. The van der Waals surface area contributed by atoms with Crippen molar-refractivity contribution in [2.24, 2.45) is 0 Å². The molecule has 0 unspecified atom stereocenters. The van der Waals surface area contributed by atoms with Gasteiger partial charge in [-0.25, -0.2) is 4.79 Å². The van der Waals surface area contributed by atoms with Crippen molar-refractivity contribution in [3.05, 3.63) is 65.4 Å². The number of benzene rings is 2. The van der Waals surface area contributed by atoms with Crippen molar-refractivity contribution in [2.45, 2.75) is 58.2 Å². The third kappa shape index (κ3) is 6.36. The van der Waals surface area contributed by atoms with Crippen LogP contribution in [0.25, 0.3) is 17.0 Å². The molecule has 0 spiro atoms. The van der Waals surface area contributed by atoms with E-state index < -0.39 is 18.0 Å². The molecule has 42 heavy (non-hydrogen) atoms. The number of fused-ring (bicyclic) bond motifs is 3. The summed E-state index contributed by atoms with van der Waals surface area (Å²) in [4.78, 5) is 42.1. The lowest BCUT2D eigenvalue weighted by Gasteiger charge is -2.34. The molecular weight excluding hydrogens is 534 g/mol. The topological polar surface area (TPSA) is 90.3 Å². The second-order valence-electron chi connectivity index (χ2n) is 10.9. The van der Waals surface area contributed by atoms with Gasteiger partial charge in [-0.05, 0) is 74.3 Å². The zero-order valence-corrected chi connectivity index (χ0v) is 24.6. The van der Waals surface area contributed by atoms with E-state index >= 15 is 0 Å². The molecule has 2 aliphatic heterocycles. The van der Waals surface area contributed by atoms with Crippen LogP contribution in [0, 0.1) is 0 Å². The van der Waals surface area contributed by atoms with Crippen molar-refractivity contribution in [3.63, 3.8) is 0 Å². The van der Waals surface area contributed by atoms with Gasteiger partial charge >= 0.3 is 11.9 Å². The number of hydrogen-bond acceptors (Lipinski definition) is 7. The highest BCUT2D eigenvalue weighted by Crippen LogP contribution is 2.34. The maximum Gasteiger partial charge on any atom is 0.328 e. The Balaban J connectivity index is 1.41. The van der Waals surface area contributed by atoms with E-state index in [1.807, 2.05) is 12.1 Å². The van der Waals surface area contributed by atoms with Gasteiger partial charge in [0.05, 0.1) is 20.8 Å². The summed E-state index contributed by atoms with van der Waals surface area (Å²) >= 11 is 0. The zero-order chi connectivity index (χ0) is 29.6. The molecule has 9 nitrogen and oxygen atoms in total. The van der Waals surface area contributed by atoms with E-state index in [1.54, 1.807) is 29.2 Å². The van der Waals surface area contributed by atoms with Gasteiger partial charge in [0.2, 0.25) is 5.91 Å². The number of hydrogen-bond donors (Lipinski definition) is 0. The normalized spacial score (nSPS) is 17.3. The van der Waals surface area contributed by atoms with E-state index in [1.165, 1.54) is 46.5 Å². The highest BCUT2D eigenvalue weighted by molar-refractivity contribution is 5.96. The molecule has 1 saturated heterocycles. The van der Waals surface area contributed by atoms with Crippen molar-refractivity contribution in [1.82, 2.24) is 14.4 Å². The number of ether oxygens (including phenoxy) is 3. The maximum absolute atomic E-state index is 13.6. The maximum atomic E-state index is 13.6. The van der Waals surface area contributed by atoms with Gasteiger partial charge in [-0.1, -0.05) is 30.7 Å². The predicted molar refractivity (Wildman–Crippen MR) is 160 cm³/mol. The third-order valence-electron chi connectivity index (χ3n) is 8.21. The van der Waals surface area contributed by atoms with Gasteiger partial charge in [-0.15, -0.1) is 0 Å². The van der Waals surface area contributed by atoms with Crippen LogP contribution >= 0.6 is 0 Å². The number of esters is 2. The monoisotopic (exact) mass is 573 g/mol. The number of aryl methyl sites for hydroxylation is 1. The van der Waals surface area contributed by atoms with Crippen LogP contribution in [0.4, 0.5) is 0 Å². The zero-order valence-electron chi connectivity index (χ0n) is 24.6. The quantitative estimate of drug-likeness (QED) is 0.210. The van der Waals surface area contributed by atoms with Gasteiger partial charge in [0.15, 0.2) is 11.5 Å². The standard InChI is InChI=1S/C33H39N3O6/c1-23(37)42-30-14-12-24(20-31(30)40-2)13-15-32(38)36-22-29-26(21-28(36)33(39)41-3)25-10-5-6-11-27(25)35(29)19-9-18-34-16-7-4-8-17-34/h5-6,10-15,20,28H,4,7-9,16-19,21-22H2,1-3H3/b15-13-/t28-/m0/s1. The summed E-state index contributed by atoms with van der Waals surface area (Å²) in [6.45, 7) is 5.86. The van der Waals surface area contributed by atoms with Crippen LogP contribution in [0.5, 0.6) is 11.5 Å². The lowest BCUT2D eigenvalue weighted by Crippen LogP contribution is -2.49. The van der Waals surface area contributed by atoms with Gasteiger partial charge in [0.25, 0.3) is 0 Å². The van der Waals surface area contributed by atoms with Gasteiger partial charge < -0.3 is 28.6 Å². The Kier molecular flexibility index (Phi) is 9.27. The summed E-state index contributed by atoms with van der Waals surface area (Å²) < 4.78 is 18.0. The SMILES string of the molecule is COC(=O)[C@@H]1Cc2c(n(CCCN3CCCCC3)c3ccccc23)CN1C(=O)/C=C\c1ccc(OC(C)=O)c(OC)c1. The molecular formula is C33H39N3O6. The smallest absolute Gasteiger partial charge is 0.328 e. The van der Waals surface area contributed by atoms with Gasteiger partial charge in [0.1, 0.15) is 6.04 Å². The van der Waals surface area contributed by atoms with E-state index in [0.717, 1.165) is 54.8 Å². The molecule has 3 heterocycles. The molecule has 222 valence electrons. The molecule has 0 bridgehead atoms. The molecule has 0 saturated carbocycles. The Hall–Kier alpha value is -4.11. The molecule has 2 aliphatic rings. The fourth-order valence-electron chi connectivity index (χ4n) is 6.17. The van der Waals surface area contributed by atoms with E-state index in [4.69, 9.17) is 14.2 Å². The molecule has 0 aliphatic carbocycles. The Morgan fingerprint density at radius 3 is 2.50 bits per heavy atom. The van der Waals surface area contributed by atoms with Crippen LogP contribution in [-0.4, -0.2) is 72.1 Å². The number of piperidine rings is 1. The molecule has 1 fully saturated rings. The van der Waals surface area contributed by atoms with E-state index in [-0.39, 0.29) is 5.91 Å². The molecule has 2 aromatic carbocycles. The number of carbonyl (C=O) groups excluding carboxylic acids is 3. The summed E-state index contributed by atoms with van der Waals surface area (Å²) in [6, 6.07) is 12.6. The van der Waals surface area contributed by atoms with Crippen molar-refractivity contribution >= 4 is 34.8 Å². The third-order valence-corrected chi connectivity index (χ3v) is 8.21. The van der Waals surface area contributed by atoms with Crippen molar-refractivity contribution in [3.8, 4) is 11.5 Å². The summed E-state index contributed by atoms with van der Waals surface area (Å²) in [5.74, 6) is -0.491. The summed E-state index contributed by atoms with van der Waals surface area (Å²) in [7, 11) is 2.84. The number of para-hydroxylation sites is 1. The van der Waals surface area contributed by atoms with Gasteiger partial charge in [-0.2, -0.15) is 0 Å². The number of aromatic nitrogens is 1. The van der Waals surface area contributed by atoms with Gasteiger partial charge in [0, 0.05) is 42.6 Å². The minimum Gasteiger partial charge on any atom is -0.493 e. The molecule has 3 aromatic rings. The summed E-state index contributed by atoms with van der Waals surface area (Å²) in [5, 5.41) is 1.13. The summed E-state index contributed by atoms with van der Waals surface area (Å²) in [6.07, 6.45) is 8.40. The van der Waals surface area contributed by atoms with Crippen LogP contribution in [-0.2, 0) is 38.6 Å². The number of carbonyl (C=O) groups is 3. The largest absolute Gasteiger partial charge is 0.493 e. The average Bonchev–Trinajstić information content (AvgIpc) is 3.32. The molecule has 1 atom stereocenters. The Bertz CT molecular complexity index is 1490. The fourth-order valence-corrected chi connectivity index (χ4v) is 6.17. The highest BCUT2D eigenvalue weighted by Gasteiger charge is 2.37. The Morgan fingerprint density at radius 2 is 1.76 bits per heavy atom. The first-order chi connectivity index (χ1) is 20.4. The van der Waals surface area contributed by atoms with E-state index in [9.17, 15) is 14.4 Å². The Morgan fingerprint density at radius 1 is 0.976 bits per heavy atom.